The van der Waals surface area contributed by atoms with E-state index in [0.717, 1.165) is 116 Å². The summed E-state index contributed by atoms with van der Waals surface area (Å²) >= 11 is 0. The molecule has 9 N–H and O–H groups in total. The Labute approximate surface area is 620 Å². The molecule has 14 nitrogen and oxygen atoms in total. The quantitative estimate of drug-likeness (QED) is 0.0204. The summed E-state index contributed by atoms with van der Waals surface area (Å²) in [6.07, 6.45) is 90.3. The van der Waals surface area contributed by atoms with Crippen LogP contribution in [0.15, 0.2) is 158 Å². The highest BCUT2D eigenvalue weighted by Crippen LogP contribution is 2.30. The molecule has 2 aliphatic heterocycles. The standard InChI is InChI=1S/C88H147NO13/c1-3-5-7-9-11-13-15-17-19-21-23-25-27-29-31-33-34-35-36-37-38-39-40-41-42-44-46-48-50-52-54-56-58-60-62-64-66-68-70-72-80(93)89-76(75-99-87-85(98)83(96)86(79(74-91)101-87)102-88-84(97)82(95)81(94)78(73-90)100-88)77(92)71-69-67-65-63-61-59-57-55-53-51-49-47-45-43-32-30-28-26-24-22-20-18-16-14-12-10-8-6-4-2/h5,7,11,13,17,19,23,25,29,31,34-35,37-38,40-41,44,46,50,52,56,58,62,64,69,71,76-79,81-88,90-92,94-98H,3-4,6,8-10,12,14-16,18,20-22,24,26-28,30,32-33,36,39,42-43,45,47-49,51,53-55,57,59-61,63,65-68,70,72-75H2,1-2H3,(H,89,93)/b7-5-,13-11-,19-17-,25-23-,31-29-,35-34-,38-37-,41-40-,46-44-,52-50-,58-56-,64-62-,71-69+. The fourth-order valence-corrected chi connectivity index (χ4v) is 12.3. The second-order valence-electron chi connectivity index (χ2n) is 27.8. The Bertz CT molecular complexity index is 2330. The first-order chi connectivity index (χ1) is 50.1. The average Bonchev–Trinajstić information content (AvgIpc) is 0.790. The van der Waals surface area contributed by atoms with Gasteiger partial charge >= 0.3 is 0 Å². The van der Waals surface area contributed by atoms with Crippen molar-refractivity contribution in [2.45, 2.75) is 370 Å². The van der Waals surface area contributed by atoms with Crippen molar-refractivity contribution in [2.24, 2.45) is 0 Å². The molecule has 2 saturated heterocycles. The van der Waals surface area contributed by atoms with E-state index in [9.17, 15) is 45.6 Å². The number of carbonyl (C=O) groups is 1. The van der Waals surface area contributed by atoms with E-state index in [-0.39, 0.29) is 18.9 Å². The first-order valence-corrected chi connectivity index (χ1v) is 40.7. The molecule has 582 valence electrons. The normalized spacial score (nSPS) is 22.5. The monoisotopic (exact) mass is 1430 g/mol. The number of amides is 1. The lowest BCUT2D eigenvalue weighted by Gasteiger charge is -2.46. The molecule has 102 heavy (non-hydrogen) atoms. The van der Waals surface area contributed by atoms with Gasteiger partial charge in [0.15, 0.2) is 12.6 Å². The molecule has 12 unspecified atom stereocenters. The van der Waals surface area contributed by atoms with Crippen molar-refractivity contribution in [3.05, 3.63) is 158 Å². The lowest BCUT2D eigenvalue weighted by molar-refractivity contribution is -0.359. The lowest BCUT2D eigenvalue weighted by atomic mass is 9.97. The Morgan fingerprint density at radius 2 is 0.676 bits per heavy atom. The summed E-state index contributed by atoms with van der Waals surface area (Å²) < 4.78 is 22.9. The molecule has 0 aromatic heterocycles. The molecule has 2 aliphatic rings. The van der Waals surface area contributed by atoms with Crippen molar-refractivity contribution in [1.29, 1.82) is 0 Å². The van der Waals surface area contributed by atoms with E-state index >= 15 is 0 Å². The molecule has 0 radical (unpaired) electrons. The third kappa shape index (κ3) is 51.7. The van der Waals surface area contributed by atoms with Crippen LogP contribution >= 0.6 is 0 Å². The zero-order valence-corrected chi connectivity index (χ0v) is 63.8. The van der Waals surface area contributed by atoms with Crippen LogP contribution < -0.4 is 5.32 Å². The van der Waals surface area contributed by atoms with Gasteiger partial charge < -0.3 is 65.1 Å². The second kappa shape index (κ2) is 69.6. The van der Waals surface area contributed by atoms with Crippen LogP contribution in [0.4, 0.5) is 0 Å². The SMILES string of the molecule is CC/C=C\C/C=C\C/C=C\C/C=C\C/C=C\C/C=C\C/C=C\C/C=C\C/C=C\C/C=C\C/C=C\C/C=C\CCCCC(=O)NC(COC1OC(CO)C(OC2OC(CO)C(O)C(O)C2O)C(O)C1O)C(O)/C=C/CCCCCCCCCCCCCCCCCCCCCCCCCCCCC. The lowest BCUT2D eigenvalue weighted by Crippen LogP contribution is -2.65. The fraction of sp³-hybridized carbons (Fsp3) is 0.693. The number of hydrogen-bond donors (Lipinski definition) is 9. The van der Waals surface area contributed by atoms with Crippen molar-refractivity contribution in [1.82, 2.24) is 5.32 Å². The van der Waals surface area contributed by atoms with Gasteiger partial charge in [-0.2, -0.15) is 0 Å². The van der Waals surface area contributed by atoms with Gasteiger partial charge in [0.2, 0.25) is 5.91 Å². The Morgan fingerprint density at radius 1 is 0.363 bits per heavy atom. The Hall–Kier alpha value is -4.39. The third-order valence-corrected chi connectivity index (χ3v) is 18.7. The van der Waals surface area contributed by atoms with Crippen molar-refractivity contribution in [3.63, 3.8) is 0 Å². The van der Waals surface area contributed by atoms with Crippen LogP contribution in [0, 0.1) is 0 Å². The van der Waals surface area contributed by atoms with Gasteiger partial charge in [-0.05, 0) is 109 Å². The van der Waals surface area contributed by atoms with Gasteiger partial charge in [0.05, 0.1) is 32.0 Å². The average molecular weight is 1430 g/mol. The van der Waals surface area contributed by atoms with Crippen molar-refractivity contribution >= 4 is 5.91 Å². The van der Waals surface area contributed by atoms with Crippen LogP contribution in [0.5, 0.6) is 0 Å². The molecule has 2 fully saturated rings. The number of ether oxygens (including phenoxy) is 4. The summed E-state index contributed by atoms with van der Waals surface area (Å²) in [6, 6.07) is -0.953. The molecule has 1 amide bonds. The van der Waals surface area contributed by atoms with Crippen molar-refractivity contribution in [3.8, 4) is 0 Å². The molecule has 0 saturated carbocycles. The number of hydrogen-bond acceptors (Lipinski definition) is 13. The van der Waals surface area contributed by atoms with Gasteiger partial charge in [-0.1, -0.05) is 339 Å². The zero-order chi connectivity index (χ0) is 73.7. The van der Waals surface area contributed by atoms with Crippen LogP contribution in [0.2, 0.25) is 0 Å². The molecule has 0 aromatic rings. The van der Waals surface area contributed by atoms with Gasteiger partial charge in [-0.15, -0.1) is 0 Å². The second-order valence-corrected chi connectivity index (χ2v) is 27.8. The molecule has 0 spiro atoms. The molecular weight excluding hydrogens is 1280 g/mol. The Kier molecular flexibility index (Phi) is 64.0. The van der Waals surface area contributed by atoms with Crippen LogP contribution in [0.1, 0.15) is 296 Å². The number of aliphatic hydroxyl groups is 8. The highest BCUT2D eigenvalue weighted by atomic mass is 16.7. The maximum absolute atomic E-state index is 13.4. The first kappa shape index (κ1) is 93.7. The molecule has 2 heterocycles. The van der Waals surface area contributed by atoms with E-state index in [1.165, 1.54) is 154 Å². The number of rotatable bonds is 66. The van der Waals surface area contributed by atoms with E-state index in [1.54, 1.807) is 6.08 Å². The van der Waals surface area contributed by atoms with Crippen LogP contribution in [-0.2, 0) is 23.7 Å². The molecule has 12 atom stereocenters. The summed E-state index contributed by atoms with van der Waals surface area (Å²) in [5.74, 6) is -0.285. The van der Waals surface area contributed by atoms with Gasteiger partial charge in [0, 0.05) is 6.42 Å². The van der Waals surface area contributed by atoms with Gasteiger partial charge in [0.1, 0.15) is 48.8 Å². The van der Waals surface area contributed by atoms with Crippen molar-refractivity contribution < 1.29 is 64.6 Å². The molecule has 0 aromatic carbocycles. The highest BCUT2D eigenvalue weighted by Gasteiger charge is 2.51. The number of carbonyl (C=O) groups excluding carboxylic acids is 1. The van der Waals surface area contributed by atoms with Crippen LogP contribution in [0.25, 0.3) is 0 Å². The Balaban J connectivity index is 1.67. The van der Waals surface area contributed by atoms with Gasteiger partial charge in [0.25, 0.3) is 0 Å². The number of unbranched alkanes of at least 4 members (excludes halogenated alkanes) is 29. The minimum absolute atomic E-state index is 0.216. The third-order valence-electron chi connectivity index (χ3n) is 18.7. The minimum atomic E-state index is -1.80. The zero-order valence-electron chi connectivity index (χ0n) is 63.8. The topological polar surface area (TPSA) is 228 Å². The predicted molar refractivity (Wildman–Crippen MR) is 424 cm³/mol. The smallest absolute Gasteiger partial charge is 0.220 e. The molecule has 0 aliphatic carbocycles. The predicted octanol–water partition coefficient (Wildman–Crippen LogP) is 18.9. The summed E-state index contributed by atoms with van der Waals surface area (Å²) in [4.78, 5) is 13.4. The summed E-state index contributed by atoms with van der Waals surface area (Å²) in [6.45, 7) is 2.68. The van der Waals surface area contributed by atoms with E-state index in [0.29, 0.717) is 6.42 Å². The molecule has 0 bridgehead atoms. The van der Waals surface area contributed by atoms with Gasteiger partial charge in [-0.25, -0.2) is 0 Å². The maximum atomic E-state index is 13.4. The summed E-state index contributed by atoms with van der Waals surface area (Å²) in [5, 5.41) is 87.7. The largest absolute Gasteiger partial charge is 0.394 e. The maximum Gasteiger partial charge on any atom is 0.220 e. The van der Waals surface area contributed by atoms with Crippen molar-refractivity contribution in [2.75, 3.05) is 19.8 Å². The highest BCUT2D eigenvalue weighted by molar-refractivity contribution is 5.76. The summed E-state index contributed by atoms with van der Waals surface area (Å²) in [5.41, 5.74) is 0. The summed E-state index contributed by atoms with van der Waals surface area (Å²) in [7, 11) is 0. The van der Waals surface area contributed by atoms with E-state index < -0.39 is 86.8 Å². The van der Waals surface area contributed by atoms with E-state index in [2.05, 4.69) is 165 Å². The van der Waals surface area contributed by atoms with E-state index in [1.807, 2.05) is 6.08 Å². The van der Waals surface area contributed by atoms with Crippen LogP contribution in [0.3, 0.4) is 0 Å². The van der Waals surface area contributed by atoms with E-state index in [4.69, 9.17) is 18.9 Å². The minimum Gasteiger partial charge on any atom is -0.394 e. The van der Waals surface area contributed by atoms with Gasteiger partial charge in [-0.3, -0.25) is 4.79 Å². The first-order valence-electron chi connectivity index (χ1n) is 40.7. The number of aliphatic hydroxyl groups excluding tert-OH is 8. The Morgan fingerprint density at radius 3 is 1.04 bits per heavy atom. The van der Waals surface area contributed by atoms with Crippen LogP contribution in [-0.4, -0.2) is 140 Å². The molecular formula is C88H147NO13. The molecule has 2 rings (SSSR count). The number of allylic oxidation sites excluding steroid dienone is 25. The molecule has 14 heteroatoms. The fourth-order valence-electron chi connectivity index (χ4n) is 12.3. The number of nitrogens with one attached hydrogen (secondary N) is 1.